The first kappa shape index (κ1) is 26.4. The SMILES string of the molecule is CCCCC(C)COCC1(COCC(C)CCCC)COc2c(Br)sc(Br)c2OC1. The number of halogens is 2. The van der Waals surface area contributed by atoms with Crippen LogP contribution in [0.2, 0.25) is 0 Å². The van der Waals surface area contributed by atoms with Crippen LogP contribution in [0.5, 0.6) is 11.5 Å². The molecule has 0 aliphatic carbocycles. The molecular weight excluding hydrogens is 532 g/mol. The number of hydrogen-bond donors (Lipinski definition) is 0. The molecule has 174 valence electrons. The number of unbranched alkanes of at least 4 members (excludes halogenated alkanes) is 2. The highest BCUT2D eigenvalue weighted by Crippen LogP contribution is 2.50. The molecule has 0 amide bonds. The molecule has 7 heteroatoms. The Labute approximate surface area is 203 Å². The second-order valence-electron chi connectivity index (χ2n) is 8.91. The van der Waals surface area contributed by atoms with E-state index < -0.39 is 0 Å². The molecule has 30 heavy (non-hydrogen) atoms. The van der Waals surface area contributed by atoms with Crippen molar-refractivity contribution in [2.45, 2.75) is 66.2 Å². The second-order valence-corrected chi connectivity index (χ2v) is 12.6. The van der Waals surface area contributed by atoms with Crippen LogP contribution in [0.3, 0.4) is 0 Å². The smallest absolute Gasteiger partial charge is 0.187 e. The fourth-order valence-corrected chi connectivity index (χ4v) is 6.38. The van der Waals surface area contributed by atoms with Crippen molar-refractivity contribution in [2.24, 2.45) is 17.3 Å². The minimum atomic E-state index is -0.315. The fourth-order valence-electron chi connectivity index (χ4n) is 3.52. The maximum Gasteiger partial charge on any atom is 0.187 e. The molecule has 0 fully saturated rings. The van der Waals surface area contributed by atoms with Gasteiger partial charge in [-0.3, -0.25) is 0 Å². The Morgan fingerprint density at radius 1 is 0.867 bits per heavy atom. The third-order valence-corrected chi connectivity index (χ3v) is 7.93. The molecule has 0 radical (unpaired) electrons. The summed E-state index contributed by atoms with van der Waals surface area (Å²) >= 11 is 8.75. The summed E-state index contributed by atoms with van der Waals surface area (Å²) in [5, 5.41) is 0. The van der Waals surface area contributed by atoms with Crippen LogP contribution in [0.4, 0.5) is 0 Å². The average molecular weight is 570 g/mol. The van der Waals surface area contributed by atoms with Crippen molar-refractivity contribution in [2.75, 3.05) is 39.6 Å². The molecule has 0 saturated heterocycles. The summed E-state index contributed by atoms with van der Waals surface area (Å²) in [6.07, 6.45) is 7.38. The summed E-state index contributed by atoms with van der Waals surface area (Å²) < 4.78 is 26.7. The predicted molar refractivity (Wildman–Crippen MR) is 132 cm³/mol. The van der Waals surface area contributed by atoms with Crippen molar-refractivity contribution >= 4 is 43.2 Å². The van der Waals surface area contributed by atoms with Crippen LogP contribution in [0, 0.1) is 17.3 Å². The molecule has 2 heterocycles. The number of thiophene rings is 1. The van der Waals surface area contributed by atoms with Gasteiger partial charge in [0.25, 0.3) is 0 Å². The van der Waals surface area contributed by atoms with Gasteiger partial charge < -0.3 is 18.9 Å². The van der Waals surface area contributed by atoms with Crippen molar-refractivity contribution in [1.29, 1.82) is 0 Å². The minimum absolute atomic E-state index is 0.315. The fraction of sp³-hybridized carbons (Fsp3) is 0.826. The first-order valence-electron chi connectivity index (χ1n) is 11.3. The van der Waals surface area contributed by atoms with Gasteiger partial charge in [0.1, 0.15) is 20.8 Å². The standard InChI is InChI=1S/C23H38Br2O4S/c1-5-7-9-17(3)11-26-13-23(14-27-12-18(4)10-8-6-2)15-28-19-20(29-16-23)22(25)30-21(19)24/h17-18H,5-16H2,1-4H3. The monoisotopic (exact) mass is 568 g/mol. The van der Waals surface area contributed by atoms with Crippen molar-refractivity contribution < 1.29 is 18.9 Å². The van der Waals surface area contributed by atoms with Gasteiger partial charge in [0.05, 0.1) is 18.6 Å². The lowest BCUT2D eigenvalue weighted by Crippen LogP contribution is -2.43. The third kappa shape index (κ3) is 8.27. The number of rotatable bonds is 14. The lowest BCUT2D eigenvalue weighted by atomic mass is 9.92. The van der Waals surface area contributed by atoms with Gasteiger partial charge in [-0.05, 0) is 56.5 Å². The average Bonchev–Trinajstić information content (AvgIpc) is 2.87. The van der Waals surface area contributed by atoms with Crippen LogP contribution in [0.25, 0.3) is 0 Å². The van der Waals surface area contributed by atoms with E-state index in [0.29, 0.717) is 38.3 Å². The van der Waals surface area contributed by atoms with Crippen LogP contribution in [-0.2, 0) is 9.47 Å². The van der Waals surface area contributed by atoms with Crippen molar-refractivity contribution in [1.82, 2.24) is 0 Å². The molecule has 1 aliphatic rings. The molecule has 0 bridgehead atoms. The summed E-state index contributed by atoms with van der Waals surface area (Å²) in [6.45, 7) is 12.7. The van der Waals surface area contributed by atoms with Crippen molar-refractivity contribution in [3.63, 3.8) is 0 Å². The number of ether oxygens (including phenoxy) is 4. The highest BCUT2D eigenvalue weighted by Gasteiger charge is 2.38. The van der Waals surface area contributed by atoms with Gasteiger partial charge in [0.2, 0.25) is 0 Å². The zero-order chi connectivity index (χ0) is 22.0. The Balaban J connectivity index is 1.96. The number of hydrogen-bond acceptors (Lipinski definition) is 5. The Morgan fingerprint density at radius 2 is 1.30 bits per heavy atom. The molecule has 4 nitrogen and oxygen atoms in total. The first-order chi connectivity index (χ1) is 14.4. The summed E-state index contributed by atoms with van der Waals surface area (Å²) in [7, 11) is 0. The van der Waals surface area contributed by atoms with Crippen LogP contribution in [0.15, 0.2) is 7.57 Å². The molecule has 1 aromatic heterocycles. The van der Waals surface area contributed by atoms with Gasteiger partial charge in [-0.1, -0.05) is 53.4 Å². The summed E-state index contributed by atoms with van der Waals surface area (Å²) in [4.78, 5) is 0. The summed E-state index contributed by atoms with van der Waals surface area (Å²) in [5.74, 6) is 2.69. The minimum Gasteiger partial charge on any atom is -0.487 e. The normalized spacial score (nSPS) is 17.5. The Kier molecular flexibility index (Phi) is 12.0. The van der Waals surface area contributed by atoms with E-state index in [1.807, 2.05) is 0 Å². The van der Waals surface area contributed by atoms with E-state index in [0.717, 1.165) is 32.3 Å². The van der Waals surface area contributed by atoms with Crippen LogP contribution >= 0.6 is 43.2 Å². The lowest BCUT2D eigenvalue weighted by molar-refractivity contribution is -0.0697. The molecule has 0 saturated carbocycles. The Bertz CT molecular complexity index is 572. The quantitative estimate of drug-likeness (QED) is 0.230. The molecule has 0 aromatic carbocycles. The van der Waals surface area contributed by atoms with Gasteiger partial charge in [0.15, 0.2) is 11.5 Å². The van der Waals surface area contributed by atoms with Gasteiger partial charge in [0, 0.05) is 13.2 Å². The largest absolute Gasteiger partial charge is 0.487 e. The van der Waals surface area contributed by atoms with Crippen LogP contribution < -0.4 is 9.47 Å². The van der Waals surface area contributed by atoms with E-state index in [4.69, 9.17) is 18.9 Å². The Hall–Kier alpha value is 0.180. The Morgan fingerprint density at radius 3 is 1.70 bits per heavy atom. The van der Waals surface area contributed by atoms with Crippen molar-refractivity contribution in [3.8, 4) is 11.5 Å². The van der Waals surface area contributed by atoms with Gasteiger partial charge in [-0.2, -0.15) is 0 Å². The molecule has 0 spiro atoms. The topological polar surface area (TPSA) is 36.9 Å². The molecule has 2 unspecified atom stereocenters. The summed E-state index contributed by atoms with van der Waals surface area (Å²) in [6, 6.07) is 0. The molecule has 2 atom stereocenters. The van der Waals surface area contributed by atoms with E-state index >= 15 is 0 Å². The highest BCUT2D eigenvalue weighted by molar-refractivity contribution is 9.12. The van der Waals surface area contributed by atoms with Gasteiger partial charge in [-0.25, -0.2) is 0 Å². The molecule has 1 aromatic rings. The maximum atomic E-state index is 6.21. The highest BCUT2D eigenvalue weighted by atomic mass is 79.9. The van der Waals surface area contributed by atoms with Crippen molar-refractivity contribution in [3.05, 3.63) is 7.57 Å². The predicted octanol–water partition coefficient (Wildman–Crippen LogP) is 7.72. The van der Waals surface area contributed by atoms with Gasteiger partial charge in [-0.15, -0.1) is 11.3 Å². The number of fused-ring (bicyclic) bond motifs is 1. The van der Waals surface area contributed by atoms with E-state index in [9.17, 15) is 0 Å². The van der Waals surface area contributed by atoms with E-state index in [1.54, 1.807) is 11.3 Å². The van der Waals surface area contributed by atoms with E-state index in [2.05, 4.69) is 59.6 Å². The van der Waals surface area contributed by atoms with E-state index in [-0.39, 0.29) is 5.41 Å². The maximum absolute atomic E-state index is 6.21. The van der Waals surface area contributed by atoms with Crippen LogP contribution in [-0.4, -0.2) is 39.6 Å². The van der Waals surface area contributed by atoms with Gasteiger partial charge >= 0.3 is 0 Å². The summed E-state index contributed by atoms with van der Waals surface area (Å²) in [5.41, 5.74) is -0.315. The zero-order valence-electron chi connectivity index (χ0n) is 18.9. The molecule has 2 rings (SSSR count). The lowest BCUT2D eigenvalue weighted by Gasteiger charge is -2.31. The third-order valence-electron chi connectivity index (χ3n) is 5.51. The zero-order valence-corrected chi connectivity index (χ0v) is 22.9. The van der Waals surface area contributed by atoms with Crippen LogP contribution in [0.1, 0.15) is 66.2 Å². The molecular formula is C23H38Br2O4S. The second kappa shape index (κ2) is 13.7. The first-order valence-corrected chi connectivity index (χ1v) is 13.7. The van der Waals surface area contributed by atoms with E-state index in [1.165, 1.54) is 38.5 Å². The molecule has 0 N–H and O–H groups in total. The molecule has 1 aliphatic heterocycles.